The molecule has 1 aromatic carbocycles. The van der Waals surface area contributed by atoms with Crippen LogP contribution in [0, 0.1) is 12.7 Å². The second-order valence-corrected chi connectivity index (χ2v) is 6.15. The summed E-state index contributed by atoms with van der Waals surface area (Å²) in [4.78, 5) is 4.34. The summed E-state index contributed by atoms with van der Waals surface area (Å²) in [5.41, 5.74) is 1.74. The van der Waals surface area contributed by atoms with E-state index in [1.165, 1.54) is 11.6 Å². The molecule has 0 saturated carbocycles. The third-order valence-electron chi connectivity index (χ3n) is 4.41. The Morgan fingerprint density at radius 1 is 1.11 bits per heavy atom. The largest absolute Gasteiger partial charge is 0.494 e. The fourth-order valence-corrected chi connectivity index (χ4v) is 3.14. The van der Waals surface area contributed by atoms with Gasteiger partial charge in [0.2, 0.25) is 5.82 Å². The van der Waals surface area contributed by atoms with Gasteiger partial charge in [-0.25, -0.2) is 4.39 Å². The van der Waals surface area contributed by atoms with Gasteiger partial charge in [0, 0.05) is 17.6 Å². The fourth-order valence-electron chi connectivity index (χ4n) is 3.14. The van der Waals surface area contributed by atoms with Crippen molar-refractivity contribution in [2.45, 2.75) is 6.92 Å². The molecule has 5 rings (SSSR count). The average Bonchev–Trinajstić information content (AvgIpc) is 3.34. The SMILES string of the molecule is COc1ccc2c(c(-c3ccccn3)nn3c(-c4cc(C)on4)nnc23)c1F. The third-order valence-corrected chi connectivity index (χ3v) is 4.41. The summed E-state index contributed by atoms with van der Waals surface area (Å²) < 4.78 is 27.0. The summed E-state index contributed by atoms with van der Waals surface area (Å²) >= 11 is 0. The molecule has 8 nitrogen and oxygen atoms in total. The van der Waals surface area contributed by atoms with E-state index in [0.29, 0.717) is 39.7 Å². The second kappa shape index (κ2) is 6.08. The van der Waals surface area contributed by atoms with Gasteiger partial charge in [-0.15, -0.1) is 10.2 Å². The summed E-state index contributed by atoms with van der Waals surface area (Å²) in [6.07, 6.45) is 1.62. The van der Waals surface area contributed by atoms with Gasteiger partial charge in [0.05, 0.1) is 18.2 Å². The van der Waals surface area contributed by atoms with E-state index in [0.717, 1.165) is 0 Å². The van der Waals surface area contributed by atoms with Crippen molar-refractivity contribution < 1.29 is 13.7 Å². The van der Waals surface area contributed by atoms with Gasteiger partial charge in [0.15, 0.2) is 22.9 Å². The summed E-state index contributed by atoms with van der Waals surface area (Å²) in [7, 11) is 1.42. The smallest absolute Gasteiger partial charge is 0.207 e. The standard InChI is InChI=1S/C19H13FN6O2/c1-10-9-13(25-28-10)19-23-22-18-11-6-7-14(27-2)16(20)15(11)17(24-26(18)19)12-5-3-4-8-21-12/h3-9H,1-2H3. The maximum absolute atomic E-state index is 15.2. The lowest BCUT2D eigenvalue weighted by atomic mass is 10.1. The molecule has 0 aliphatic rings. The first kappa shape index (κ1) is 16.3. The van der Waals surface area contributed by atoms with E-state index in [2.05, 4.69) is 25.4 Å². The molecule has 9 heteroatoms. The summed E-state index contributed by atoms with van der Waals surface area (Å²) in [5, 5.41) is 17.8. The minimum Gasteiger partial charge on any atom is -0.494 e. The Bertz CT molecular complexity index is 1330. The molecule has 0 aliphatic carbocycles. The molecule has 0 aliphatic heterocycles. The van der Waals surface area contributed by atoms with Gasteiger partial charge >= 0.3 is 0 Å². The molecule has 4 aromatic heterocycles. The van der Waals surface area contributed by atoms with Crippen LogP contribution in [0.4, 0.5) is 4.39 Å². The minimum atomic E-state index is -0.530. The lowest BCUT2D eigenvalue weighted by Crippen LogP contribution is -2.02. The number of ether oxygens (including phenoxy) is 1. The number of aromatic nitrogens is 6. The number of nitrogens with zero attached hydrogens (tertiary/aromatic N) is 6. The van der Waals surface area contributed by atoms with Crippen molar-refractivity contribution >= 4 is 16.4 Å². The van der Waals surface area contributed by atoms with Crippen LogP contribution in [0.25, 0.3) is 39.3 Å². The van der Waals surface area contributed by atoms with Crippen molar-refractivity contribution in [2.75, 3.05) is 7.11 Å². The molecule has 0 bridgehead atoms. The van der Waals surface area contributed by atoms with Crippen LogP contribution in [0.3, 0.4) is 0 Å². The van der Waals surface area contributed by atoms with Crippen LogP contribution in [-0.4, -0.2) is 37.1 Å². The van der Waals surface area contributed by atoms with E-state index in [9.17, 15) is 0 Å². The number of hydrogen-bond acceptors (Lipinski definition) is 7. The molecule has 0 saturated heterocycles. The topological polar surface area (TPSA) is 91.2 Å². The van der Waals surface area contributed by atoms with Crippen LogP contribution >= 0.6 is 0 Å². The van der Waals surface area contributed by atoms with Gasteiger partial charge in [-0.1, -0.05) is 11.2 Å². The number of hydrogen-bond donors (Lipinski definition) is 0. The van der Waals surface area contributed by atoms with Gasteiger partial charge in [-0.3, -0.25) is 4.98 Å². The number of halogens is 1. The Hall–Kier alpha value is -3.88. The highest BCUT2D eigenvalue weighted by Crippen LogP contribution is 2.35. The molecule has 0 atom stereocenters. The number of aryl methyl sites for hydroxylation is 1. The van der Waals surface area contributed by atoms with Crippen LogP contribution in [0.15, 0.2) is 47.1 Å². The molecule has 0 unspecified atom stereocenters. The Balaban J connectivity index is 1.92. The average molecular weight is 376 g/mol. The van der Waals surface area contributed by atoms with Crippen molar-refractivity contribution in [3.8, 4) is 28.7 Å². The molecule has 28 heavy (non-hydrogen) atoms. The van der Waals surface area contributed by atoms with Crippen LogP contribution in [-0.2, 0) is 0 Å². The van der Waals surface area contributed by atoms with Gasteiger partial charge in [-0.05, 0) is 31.2 Å². The van der Waals surface area contributed by atoms with Crippen LogP contribution in [0.1, 0.15) is 5.76 Å². The number of benzene rings is 1. The molecule has 0 fully saturated rings. The zero-order valence-corrected chi connectivity index (χ0v) is 14.9. The van der Waals surface area contributed by atoms with Crippen molar-refractivity contribution in [3.05, 3.63) is 54.2 Å². The van der Waals surface area contributed by atoms with Crippen molar-refractivity contribution in [1.82, 2.24) is 30.0 Å². The maximum Gasteiger partial charge on any atom is 0.207 e. The third kappa shape index (κ3) is 2.33. The predicted octanol–water partition coefficient (Wildman–Crippen LogP) is 3.45. The molecule has 0 amide bonds. The quantitative estimate of drug-likeness (QED) is 0.476. The predicted molar refractivity (Wildman–Crippen MR) is 98.3 cm³/mol. The minimum absolute atomic E-state index is 0.114. The lowest BCUT2D eigenvalue weighted by molar-refractivity contribution is 0.389. The van der Waals surface area contributed by atoms with Crippen LogP contribution in [0.5, 0.6) is 5.75 Å². The fraction of sp³-hybridized carbons (Fsp3) is 0.105. The first-order valence-corrected chi connectivity index (χ1v) is 8.44. The van der Waals surface area contributed by atoms with E-state index >= 15 is 4.39 Å². The Morgan fingerprint density at radius 2 is 2.00 bits per heavy atom. The lowest BCUT2D eigenvalue weighted by Gasteiger charge is -2.10. The Kier molecular flexibility index (Phi) is 3.54. The van der Waals surface area contributed by atoms with Gasteiger partial charge in [0.25, 0.3) is 0 Å². The highest BCUT2D eigenvalue weighted by Gasteiger charge is 2.22. The molecular formula is C19H13FN6O2. The van der Waals surface area contributed by atoms with E-state index in [1.54, 1.807) is 43.5 Å². The van der Waals surface area contributed by atoms with E-state index in [4.69, 9.17) is 9.26 Å². The highest BCUT2D eigenvalue weighted by molar-refractivity contribution is 6.02. The molecular weight excluding hydrogens is 363 g/mol. The summed E-state index contributed by atoms with van der Waals surface area (Å²) in [6, 6.07) is 10.4. The first-order valence-electron chi connectivity index (χ1n) is 8.44. The second-order valence-electron chi connectivity index (χ2n) is 6.15. The summed E-state index contributed by atoms with van der Waals surface area (Å²) in [6.45, 7) is 1.78. The Morgan fingerprint density at radius 3 is 2.71 bits per heavy atom. The zero-order chi connectivity index (χ0) is 19.3. The van der Waals surface area contributed by atoms with Crippen molar-refractivity contribution in [3.63, 3.8) is 0 Å². The van der Waals surface area contributed by atoms with E-state index < -0.39 is 5.82 Å². The monoisotopic (exact) mass is 376 g/mol. The summed E-state index contributed by atoms with van der Waals surface area (Å²) in [5.74, 6) is 0.607. The number of methoxy groups -OCH3 is 1. The molecule has 0 radical (unpaired) electrons. The van der Waals surface area contributed by atoms with Crippen molar-refractivity contribution in [2.24, 2.45) is 0 Å². The number of pyridine rings is 1. The Labute approximate surface area is 157 Å². The van der Waals surface area contributed by atoms with Gasteiger partial charge in [0.1, 0.15) is 11.5 Å². The highest BCUT2D eigenvalue weighted by atomic mass is 19.1. The van der Waals surface area contributed by atoms with Gasteiger partial charge < -0.3 is 9.26 Å². The van der Waals surface area contributed by atoms with Crippen LogP contribution < -0.4 is 4.74 Å². The van der Waals surface area contributed by atoms with E-state index in [-0.39, 0.29) is 11.1 Å². The number of rotatable bonds is 3. The zero-order valence-electron chi connectivity index (χ0n) is 14.9. The number of fused-ring (bicyclic) bond motifs is 3. The molecule has 5 aromatic rings. The van der Waals surface area contributed by atoms with Crippen molar-refractivity contribution in [1.29, 1.82) is 0 Å². The van der Waals surface area contributed by atoms with Gasteiger partial charge in [-0.2, -0.15) is 9.61 Å². The first-order chi connectivity index (χ1) is 13.7. The van der Waals surface area contributed by atoms with E-state index in [1.807, 2.05) is 6.07 Å². The molecule has 138 valence electrons. The molecule has 0 N–H and O–H groups in total. The van der Waals surface area contributed by atoms with Crippen LogP contribution in [0.2, 0.25) is 0 Å². The molecule has 0 spiro atoms. The maximum atomic E-state index is 15.2. The normalized spacial score (nSPS) is 11.4. The molecule has 4 heterocycles.